The van der Waals surface area contributed by atoms with Crippen molar-refractivity contribution in [3.05, 3.63) is 29.3 Å². The van der Waals surface area contributed by atoms with Crippen LogP contribution in [0.25, 0.3) is 0 Å². The summed E-state index contributed by atoms with van der Waals surface area (Å²) in [7, 11) is 0. The summed E-state index contributed by atoms with van der Waals surface area (Å²) in [6.07, 6.45) is 2.56. The smallest absolute Gasteiger partial charge is 0.0376 e. The zero-order valence-corrected chi connectivity index (χ0v) is 10.00. The predicted octanol–water partition coefficient (Wildman–Crippen LogP) is 2.50. The van der Waals surface area contributed by atoms with E-state index in [0.717, 1.165) is 19.0 Å². The number of likely N-dealkylation sites (tertiary alicyclic amines) is 1. The van der Waals surface area contributed by atoms with E-state index in [2.05, 4.69) is 35.3 Å². The summed E-state index contributed by atoms with van der Waals surface area (Å²) in [5.74, 6) is 0.882. The predicted molar refractivity (Wildman–Crippen MR) is 67.7 cm³/mol. The molecule has 0 bridgehead atoms. The zero-order valence-electron chi connectivity index (χ0n) is 10.00. The average molecular weight is 216 g/mol. The van der Waals surface area contributed by atoms with Crippen molar-refractivity contribution in [2.45, 2.75) is 26.3 Å². The molecule has 0 amide bonds. The van der Waals surface area contributed by atoms with Crippen molar-refractivity contribution in [2.75, 3.05) is 25.0 Å². The van der Waals surface area contributed by atoms with Gasteiger partial charge in [-0.25, -0.2) is 0 Å². The van der Waals surface area contributed by atoms with E-state index in [0.29, 0.717) is 0 Å². The molecule has 1 aromatic rings. The van der Waals surface area contributed by atoms with Crippen molar-refractivity contribution in [3.63, 3.8) is 0 Å². The molecule has 1 atom stereocenters. The molecule has 2 nitrogen and oxygen atoms in total. The van der Waals surface area contributed by atoms with E-state index in [-0.39, 0.29) is 0 Å². The first-order valence-corrected chi connectivity index (χ1v) is 6.39. The zero-order chi connectivity index (χ0) is 11.0. The van der Waals surface area contributed by atoms with Gasteiger partial charge in [-0.15, -0.1) is 0 Å². The molecule has 86 valence electrons. The number of benzene rings is 1. The first-order chi connectivity index (χ1) is 7.81. The van der Waals surface area contributed by atoms with Gasteiger partial charge in [-0.05, 0) is 42.5 Å². The van der Waals surface area contributed by atoms with Crippen molar-refractivity contribution in [1.82, 2.24) is 4.90 Å². The van der Waals surface area contributed by atoms with Gasteiger partial charge in [-0.2, -0.15) is 0 Å². The van der Waals surface area contributed by atoms with E-state index in [9.17, 15) is 0 Å². The molecule has 1 aromatic carbocycles. The Morgan fingerprint density at radius 3 is 3.19 bits per heavy atom. The molecule has 0 radical (unpaired) electrons. The highest BCUT2D eigenvalue weighted by molar-refractivity contribution is 5.57. The van der Waals surface area contributed by atoms with Crippen LogP contribution < -0.4 is 5.32 Å². The lowest BCUT2D eigenvalue weighted by Crippen LogP contribution is -2.19. The minimum absolute atomic E-state index is 0.882. The summed E-state index contributed by atoms with van der Waals surface area (Å²) in [5.41, 5.74) is 4.31. The largest absolute Gasteiger partial charge is 0.384 e. The second kappa shape index (κ2) is 4.10. The topological polar surface area (TPSA) is 15.3 Å². The number of nitrogens with zero attached hydrogens (tertiary/aromatic N) is 1. The minimum Gasteiger partial charge on any atom is -0.384 e. The maximum Gasteiger partial charge on any atom is 0.0376 e. The van der Waals surface area contributed by atoms with Gasteiger partial charge < -0.3 is 5.32 Å². The van der Waals surface area contributed by atoms with Crippen LogP contribution in [0.5, 0.6) is 0 Å². The van der Waals surface area contributed by atoms with Crippen LogP contribution in [0.3, 0.4) is 0 Å². The van der Waals surface area contributed by atoms with Gasteiger partial charge in [0, 0.05) is 25.3 Å². The summed E-state index contributed by atoms with van der Waals surface area (Å²) < 4.78 is 0. The molecule has 2 aliphatic heterocycles. The fourth-order valence-electron chi connectivity index (χ4n) is 2.86. The molecule has 2 aliphatic rings. The molecule has 2 heteroatoms. The van der Waals surface area contributed by atoms with E-state index in [1.165, 1.54) is 42.7 Å². The molecule has 1 N–H and O–H groups in total. The molecule has 1 unspecified atom stereocenters. The fourth-order valence-corrected chi connectivity index (χ4v) is 2.86. The normalized spacial score (nSPS) is 24.4. The highest BCUT2D eigenvalue weighted by Crippen LogP contribution is 2.25. The van der Waals surface area contributed by atoms with Gasteiger partial charge in [-0.1, -0.05) is 19.1 Å². The molecule has 16 heavy (non-hydrogen) atoms. The standard InChI is InChI=1S/C14H20N2/c1-11-5-7-16(9-11)10-12-2-3-13-4-6-15-14(13)8-12/h2-3,8,11,15H,4-7,9-10H2,1H3. The van der Waals surface area contributed by atoms with Crippen molar-refractivity contribution in [2.24, 2.45) is 5.92 Å². The SMILES string of the molecule is CC1CCN(Cc2ccc3c(c2)NCC3)C1. The van der Waals surface area contributed by atoms with E-state index in [1.54, 1.807) is 0 Å². The number of hydrogen-bond donors (Lipinski definition) is 1. The van der Waals surface area contributed by atoms with Gasteiger partial charge in [0.2, 0.25) is 0 Å². The van der Waals surface area contributed by atoms with Gasteiger partial charge >= 0.3 is 0 Å². The van der Waals surface area contributed by atoms with Gasteiger partial charge in [0.15, 0.2) is 0 Å². The molecule has 1 saturated heterocycles. The summed E-state index contributed by atoms with van der Waals surface area (Å²) in [6.45, 7) is 7.12. The maximum absolute atomic E-state index is 3.46. The second-order valence-electron chi connectivity index (χ2n) is 5.30. The number of hydrogen-bond acceptors (Lipinski definition) is 2. The van der Waals surface area contributed by atoms with Crippen LogP contribution in [0.4, 0.5) is 5.69 Å². The summed E-state index contributed by atoms with van der Waals surface area (Å²) in [5, 5.41) is 3.46. The number of fused-ring (bicyclic) bond motifs is 1. The maximum atomic E-state index is 3.46. The van der Waals surface area contributed by atoms with Crippen LogP contribution in [0.2, 0.25) is 0 Å². The second-order valence-corrected chi connectivity index (χ2v) is 5.30. The quantitative estimate of drug-likeness (QED) is 0.817. The monoisotopic (exact) mass is 216 g/mol. The Kier molecular flexibility index (Phi) is 2.60. The fraction of sp³-hybridized carbons (Fsp3) is 0.571. The molecule has 0 aliphatic carbocycles. The van der Waals surface area contributed by atoms with Crippen LogP contribution >= 0.6 is 0 Å². The number of anilines is 1. The van der Waals surface area contributed by atoms with Crippen molar-refractivity contribution in [1.29, 1.82) is 0 Å². The lowest BCUT2D eigenvalue weighted by Gasteiger charge is -2.15. The summed E-state index contributed by atoms with van der Waals surface area (Å²) >= 11 is 0. The van der Waals surface area contributed by atoms with E-state index >= 15 is 0 Å². The van der Waals surface area contributed by atoms with Gasteiger partial charge in [0.1, 0.15) is 0 Å². The third kappa shape index (κ3) is 1.94. The molecule has 0 spiro atoms. The Labute approximate surface area is 97.6 Å². The van der Waals surface area contributed by atoms with Crippen LogP contribution in [-0.2, 0) is 13.0 Å². The average Bonchev–Trinajstić information content (AvgIpc) is 2.87. The van der Waals surface area contributed by atoms with Crippen molar-refractivity contribution in [3.8, 4) is 0 Å². The highest BCUT2D eigenvalue weighted by atomic mass is 15.1. The Bertz CT molecular complexity index is 386. The Morgan fingerprint density at radius 2 is 2.38 bits per heavy atom. The Hall–Kier alpha value is -1.02. The molecule has 0 aromatic heterocycles. The number of nitrogens with one attached hydrogen (secondary N) is 1. The van der Waals surface area contributed by atoms with Gasteiger partial charge in [0.25, 0.3) is 0 Å². The van der Waals surface area contributed by atoms with Crippen LogP contribution in [-0.4, -0.2) is 24.5 Å². The van der Waals surface area contributed by atoms with Gasteiger partial charge in [-0.3, -0.25) is 4.90 Å². The molecule has 0 saturated carbocycles. The lowest BCUT2D eigenvalue weighted by atomic mass is 10.1. The third-order valence-electron chi connectivity index (χ3n) is 3.80. The molecule has 3 rings (SSSR count). The first kappa shape index (κ1) is 10.2. The molecular weight excluding hydrogens is 196 g/mol. The van der Waals surface area contributed by atoms with E-state index < -0.39 is 0 Å². The molecule has 2 heterocycles. The Morgan fingerprint density at radius 1 is 1.44 bits per heavy atom. The third-order valence-corrected chi connectivity index (χ3v) is 3.80. The Balaban J connectivity index is 1.71. The van der Waals surface area contributed by atoms with Crippen LogP contribution in [0.15, 0.2) is 18.2 Å². The number of rotatable bonds is 2. The minimum atomic E-state index is 0.882. The van der Waals surface area contributed by atoms with Gasteiger partial charge in [0.05, 0.1) is 0 Å². The molecular formula is C14H20N2. The van der Waals surface area contributed by atoms with E-state index in [4.69, 9.17) is 0 Å². The summed E-state index contributed by atoms with van der Waals surface area (Å²) in [6, 6.07) is 6.93. The highest BCUT2D eigenvalue weighted by Gasteiger charge is 2.19. The van der Waals surface area contributed by atoms with Crippen molar-refractivity contribution < 1.29 is 0 Å². The molecule has 1 fully saturated rings. The van der Waals surface area contributed by atoms with Crippen LogP contribution in [0.1, 0.15) is 24.5 Å². The lowest BCUT2D eigenvalue weighted by molar-refractivity contribution is 0.320. The summed E-state index contributed by atoms with van der Waals surface area (Å²) in [4.78, 5) is 2.57. The van der Waals surface area contributed by atoms with Crippen molar-refractivity contribution >= 4 is 5.69 Å². The van der Waals surface area contributed by atoms with Crippen LogP contribution in [0, 0.1) is 5.92 Å². The van der Waals surface area contributed by atoms with E-state index in [1.807, 2.05) is 0 Å². The first-order valence-electron chi connectivity index (χ1n) is 6.39.